The summed E-state index contributed by atoms with van der Waals surface area (Å²) in [5.74, 6) is 0. The fourth-order valence-corrected chi connectivity index (χ4v) is 2.55. The molecule has 14 nitrogen and oxygen atoms in total. The van der Waals surface area contributed by atoms with E-state index in [-0.39, 0.29) is 17.1 Å². The number of hydrogen-bond donors (Lipinski definition) is 0. The van der Waals surface area contributed by atoms with Gasteiger partial charge in [0.1, 0.15) is 0 Å². The van der Waals surface area contributed by atoms with E-state index in [9.17, 15) is 20.8 Å². The Bertz CT molecular complexity index is 1320. The van der Waals surface area contributed by atoms with Crippen LogP contribution in [0, 0.1) is 43.7 Å². The Morgan fingerprint density at radius 3 is 0.872 bits per heavy atom. The molecule has 4 rings (SSSR count). The zero-order chi connectivity index (χ0) is 28.2. The maximum Gasteiger partial charge on any atom is 2.00 e. The first kappa shape index (κ1) is 33.1. The Labute approximate surface area is 232 Å². The standard InChI is InChI=1S/2C10H8N2O2.2C2N3.Cu/c2*13-11-7-3-1-5-9(11)10-6-2-4-8-12(10)14;2*3-1-5-2-4;/h2*1-8H;;;/q;;2*-1;+2. The van der Waals surface area contributed by atoms with Crippen LogP contribution < -0.4 is 18.9 Å². The molecule has 197 valence electrons. The summed E-state index contributed by atoms with van der Waals surface area (Å²) in [7, 11) is 0. The summed E-state index contributed by atoms with van der Waals surface area (Å²) in [6.07, 6.45) is 8.02. The van der Waals surface area contributed by atoms with Crippen molar-refractivity contribution in [2.75, 3.05) is 0 Å². The van der Waals surface area contributed by atoms with Crippen LogP contribution in [-0.4, -0.2) is 12.0 Å². The van der Waals surface area contributed by atoms with Crippen molar-refractivity contribution in [1.82, 2.24) is 0 Å². The van der Waals surface area contributed by atoms with Gasteiger partial charge in [-0.2, -0.15) is 29.4 Å². The molecule has 0 aliphatic carbocycles. The number of pyridine rings is 4. The van der Waals surface area contributed by atoms with Gasteiger partial charge in [0.25, 0.3) is 22.8 Å². The van der Waals surface area contributed by atoms with Crippen LogP contribution in [0.15, 0.2) is 108 Å². The number of nitriles is 2. The van der Waals surface area contributed by atoms with Crippen LogP contribution in [0.3, 0.4) is 0 Å². The molecule has 0 atom stereocenters. The van der Waals surface area contributed by atoms with Crippen LogP contribution >= 0.6 is 0 Å². The number of aromatic nitrogens is 4. The Balaban J connectivity index is 0.000000545. The van der Waals surface area contributed by atoms with Gasteiger partial charge in [-0.1, -0.05) is 0 Å². The third-order valence-electron chi connectivity index (χ3n) is 4.02. The summed E-state index contributed by atoms with van der Waals surface area (Å²) in [5.41, 5.74) is 1.40. The van der Waals surface area contributed by atoms with E-state index >= 15 is 0 Å². The number of nitrogens with zero attached hydrogens (tertiary/aromatic N) is 10. The third-order valence-corrected chi connectivity index (χ3v) is 4.02. The summed E-state index contributed by atoms with van der Waals surface area (Å²) in [5, 5.41) is 75.1. The molecule has 4 heterocycles. The molecule has 1 radical (unpaired) electrons. The molecular weight excluding hydrogens is 556 g/mol. The summed E-state index contributed by atoms with van der Waals surface area (Å²) in [4.78, 5) is 5.17. The van der Waals surface area contributed by atoms with Crippen molar-refractivity contribution >= 4 is 12.0 Å². The van der Waals surface area contributed by atoms with E-state index in [1.165, 1.54) is 49.2 Å². The second-order valence-corrected chi connectivity index (χ2v) is 6.27. The minimum Gasteiger partial charge on any atom is -0.618 e. The van der Waals surface area contributed by atoms with Crippen molar-refractivity contribution in [2.45, 2.75) is 0 Å². The molecule has 39 heavy (non-hydrogen) atoms. The van der Waals surface area contributed by atoms with Crippen LogP contribution in [-0.2, 0) is 17.1 Å². The Morgan fingerprint density at radius 2 is 0.744 bits per heavy atom. The van der Waals surface area contributed by atoms with Crippen LogP contribution in [0.25, 0.3) is 33.6 Å². The van der Waals surface area contributed by atoms with E-state index in [4.69, 9.17) is 21.3 Å². The molecule has 0 saturated carbocycles. The quantitative estimate of drug-likeness (QED) is 0.114. The van der Waals surface area contributed by atoms with Gasteiger partial charge >= 0.3 is 17.1 Å². The van der Waals surface area contributed by atoms with E-state index in [0.717, 1.165) is 0 Å². The molecule has 0 fully saturated rings. The van der Waals surface area contributed by atoms with Crippen LogP contribution in [0.1, 0.15) is 0 Å². The molecule has 0 spiro atoms. The summed E-state index contributed by atoms with van der Waals surface area (Å²) >= 11 is 0. The maximum absolute atomic E-state index is 11.3. The van der Waals surface area contributed by atoms with Gasteiger partial charge in [-0.25, -0.2) is 0 Å². The molecule has 0 saturated heterocycles. The van der Waals surface area contributed by atoms with Crippen LogP contribution in [0.2, 0.25) is 0 Å². The minimum atomic E-state index is 0. The van der Waals surface area contributed by atoms with Gasteiger partial charge in [-0.3, -0.25) is 0 Å². The largest absolute Gasteiger partial charge is 2.00 e. The molecule has 4 aromatic rings. The molecule has 0 unspecified atom stereocenters. The number of aliphatic imine (C=N–C) groups is 2. The van der Waals surface area contributed by atoms with Crippen LogP contribution in [0.5, 0.6) is 0 Å². The Hall–Kier alpha value is -5.94. The normalized spacial score (nSPS) is 8.15. The predicted molar refractivity (Wildman–Crippen MR) is 132 cm³/mol. The van der Waals surface area contributed by atoms with Gasteiger partial charge in [0.2, 0.25) is 0 Å². The second kappa shape index (κ2) is 19.3. The topological polar surface area (TPSA) is 225 Å². The van der Waals surface area contributed by atoms with Crippen molar-refractivity contribution in [3.05, 3.63) is 129 Å². The minimum absolute atomic E-state index is 0. The first-order chi connectivity index (χ1) is 18.4. The molecular formula is C24H16CuN10O4. The predicted octanol–water partition coefficient (Wildman–Crippen LogP) is 1.66. The van der Waals surface area contributed by atoms with Gasteiger partial charge < -0.3 is 41.6 Å². The second-order valence-electron chi connectivity index (χ2n) is 6.27. The van der Waals surface area contributed by atoms with Gasteiger partial charge in [0.05, 0.1) is 12.4 Å². The van der Waals surface area contributed by atoms with E-state index in [2.05, 4.69) is 9.98 Å². The number of hydrogen-bond acceptors (Lipinski definition) is 8. The maximum atomic E-state index is 11.3. The fraction of sp³-hybridized carbons (Fsp3) is 0. The summed E-state index contributed by atoms with van der Waals surface area (Å²) in [6.45, 7) is 0. The van der Waals surface area contributed by atoms with E-state index < -0.39 is 0 Å². The van der Waals surface area contributed by atoms with Crippen molar-refractivity contribution in [3.8, 4) is 35.2 Å². The zero-order valence-corrected chi connectivity index (χ0v) is 20.6. The molecule has 4 aromatic heterocycles. The van der Waals surface area contributed by atoms with Crippen molar-refractivity contribution in [3.63, 3.8) is 0 Å². The van der Waals surface area contributed by atoms with E-state index in [0.29, 0.717) is 41.7 Å². The first-order valence-electron chi connectivity index (χ1n) is 10.1. The molecule has 0 aromatic carbocycles. The third kappa shape index (κ3) is 11.6. The molecule has 0 aliphatic heterocycles. The van der Waals surface area contributed by atoms with Gasteiger partial charge in [0.15, 0.2) is 24.8 Å². The van der Waals surface area contributed by atoms with Gasteiger partial charge in [0, 0.05) is 48.5 Å². The Morgan fingerprint density at radius 1 is 0.513 bits per heavy atom. The molecule has 0 bridgehead atoms. The fourth-order valence-electron chi connectivity index (χ4n) is 2.55. The summed E-state index contributed by atoms with van der Waals surface area (Å²) < 4.78 is 2.68. The van der Waals surface area contributed by atoms with Crippen molar-refractivity contribution < 1.29 is 36.0 Å². The smallest absolute Gasteiger partial charge is 0.618 e. The first-order valence-corrected chi connectivity index (χ1v) is 10.1. The van der Waals surface area contributed by atoms with Crippen LogP contribution in [0.4, 0.5) is 0 Å². The monoisotopic (exact) mass is 571 g/mol. The molecule has 0 amide bonds. The molecule has 0 aliphatic rings. The van der Waals surface area contributed by atoms with Crippen molar-refractivity contribution in [2.24, 2.45) is 9.98 Å². The SMILES string of the molecule is N#CN=C=[N-].N#CN=C=[N-].[Cu+2].[O-][n+]1ccccc1-c1cccc[n+]1[O-].[O-][n+]1ccccc1-c1cccc[n+]1[O-]. The number of rotatable bonds is 2. The molecule has 0 N–H and O–H groups in total. The van der Waals surface area contributed by atoms with E-state index in [1.807, 2.05) is 0 Å². The van der Waals surface area contributed by atoms with Gasteiger partial charge in [-0.05, 0) is 24.3 Å². The molecule has 15 heteroatoms. The van der Waals surface area contributed by atoms with Gasteiger partial charge in [-0.15, -0.1) is 12.0 Å². The Kier molecular flexibility index (Phi) is 16.3. The average Bonchev–Trinajstić information content (AvgIpc) is 2.92. The van der Waals surface area contributed by atoms with E-state index in [1.54, 1.807) is 72.8 Å². The summed E-state index contributed by atoms with van der Waals surface area (Å²) in [6, 6.07) is 22.3. The zero-order valence-electron chi connectivity index (χ0n) is 19.6. The van der Waals surface area contributed by atoms with Crippen molar-refractivity contribution in [1.29, 1.82) is 10.5 Å². The average molecular weight is 572 g/mol.